The van der Waals surface area contributed by atoms with Crippen LogP contribution in [0.4, 0.5) is 10.2 Å². The maximum absolute atomic E-state index is 13.1. The Hall–Kier alpha value is -2.73. The number of fused-ring (bicyclic) bond motifs is 1. The summed E-state index contributed by atoms with van der Waals surface area (Å²) in [7, 11) is 0. The number of halogens is 2. The number of rotatable bonds is 4. The van der Waals surface area contributed by atoms with E-state index in [-0.39, 0.29) is 18.1 Å². The smallest absolute Gasteiger partial charge is 0.227 e. The average Bonchev–Trinajstić information content (AvgIpc) is 2.74. The molecular weight excluding hydrogens is 391 g/mol. The molecule has 0 spiro atoms. The molecule has 150 valence electrons. The average molecular weight is 413 g/mol. The Kier molecular flexibility index (Phi) is 5.62. The second kappa shape index (κ2) is 8.33. The summed E-state index contributed by atoms with van der Waals surface area (Å²) in [4.78, 5) is 26.0. The van der Waals surface area contributed by atoms with Gasteiger partial charge in [-0.3, -0.25) is 4.79 Å². The summed E-state index contributed by atoms with van der Waals surface area (Å²) >= 11 is 6.14. The maximum Gasteiger partial charge on any atom is 0.227 e. The molecule has 1 aromatic heterocycles. The van der Waals surface area contributed by atoms with E-state index in [2.05, 4.69) is 9.88 Å². The van der Waals surface area contributed by atoms with Gasteiger partial charge in [0.15, 0.2) is 0 Å². The van der Waals surface area contributed by atoms with Gasteiger partial charge in [-0.1, -0.05) is 30.7 Å². The number of hydrogen-bond donors (Lipinski definition) is 0. The second-order valence-electron chi connectivity index (χ2n) is 7.15. The third-order valence-electron chi connectivity index (χ3n) is 5.20. The number of nitrogens with zero attached hydrogens (tertiary/aromatic N) is 4. The second-order valence-corrected chi connectivity index (χ2v) is 7.59. The molecule has 0 aliphatic carbocycles. The van der Waals surface area contributed by atoms with E-state index in [1.165, 1.54) is 12.1 Å². The SMILES string of the molecule is CCc1nc(N2CCN(C(=O)Cc3ccc(F)cc3)CC2)c2ccc(Cl)cc2n1. The van der Waals surface area contributed by atoms with E-state index < -0.39 is 0 Å². The minimum absolute atomic E-state index is 0.0600. The van der Waals surface area contributed by atoms with Crippen molar-refractivity contribution in [2.45, 2.75) is 19.8 Å². The number of aromatic nitrogens is 2. The van der Waals surface area contributed by atoms with E-state index in [1.807, 2.05) is 30.0 Å². The molecule has 3 aromatic rings. The van der Waals surface area contributed by atoms with Crippen molar-refractivity contribution >= 4 is 34.2 Å². The van der Waals surface area contributed by atoms with Gasteiger partial charge in [0.05, 0.1) is 11.9 Å². The first-order chi connectivity index (χ1) is 14.0. The van der Waals surface area contributed by atoms with Gasteiger partial charge in [-0.05, 0) is 35.9 Å². The molecule has 1 aliphatic rings. The normalized spacial score (nSPS) is 14.4. The van der Waals surface area contributed by atoms with E-state index >= 15 is 0 Å². The number of benzene rings is 2. The molecule has 0 atom stereocenters. The van der Waals surface area contributed by atoms with Crippen LogP contribution in [0, 0.1) is 5.82 Å². The molecule has 29 heavy (non-hydrogen) atoms. The van der Waals surface area contributed by atoms with Crippen molar-refractivity contribution in [2.24, 2.45) is 0 Å². The van der Waals surface area contributed by atoms with Crippen LogP contribution in [-0.2, 0) is 17.6 Å². The first-order valence-corrected chi connectivity index (χ1v) is 10.1. The van der Waals surface area contributed by atoms with Crippen LogP contribution in [0.2, 0.25) is 5.02 Å². The molecule has 7 heteroatoms. The largest absolute Gasteiger partial charge is 0.352 e. The van der Waals surface area contributed by atoms with Gasteiger partial charge in [0, 0.05) is 43.0 Å². The summed E-state index contributed by atoms with van der Waals surface area (Å²) in [6.07, 6.45) is 1.03. The van der Waals surface area contributed by atoms with Crippen LogP contribution in [0.5, 0.6) is 0 Å². The van der Waals surface area contributed by atoms with Crippen molar-refractivity contribution in [3.63, 3.8) is 0 Å². The van der Waals surface area contributed by atoms with Crippen molar-refractivity contribution in [3.8, 4) is 0 Å². The van der Waals surface area contributed by atoms with Gasteiger partial charge in [-0.15, -0.1) is 0 Å². The monoisotopic (exact) mass is 412 g/mol. The molecule has 5 nitrogen and oxygen atoms in total. The first kappa shape index (κ1) is 19.6. The van der Waals surface area contributed by atoms with Crippen molar-refractivity contribution in [1.82, 2.24) is 14.9 Å². The summed E-state index contributed by atoms with van der Waals surface area (Å²) in [5, 5.41) is 1.62. The molecule has 1 fully saturated rings. The number of carbonyl (C=O) groups excluding carboxylic acids is 1. The Balaban J connectivity index is 1.48. The lowest BCUT2D eigenvalue weighted by Gasteiger charge is -2.36. The zero-order valence-electron chi connectivity index (χ0n) is 16.2. The first-order valence-electron chi connectivity index (χ1n) is 9.77. The molecule has 0 saturated carbocycles. The highest BCUT2D eigenvalue weighted by Gasteiger charge is 2.23. The quantitative estimate of drug-likeness (QED) is 0.652. The van der Waals surface area contributed by atoms with Crippen LogP contribution in [0.25, 0.3) is 10.9 Å². The van der Waals surface area contributed by atoms with Gasteiger partial charge in [0.25, 0.3) is 0 Å². The molecule has 2 heterocycles. The molecule has 0 unspecified atom stereocenters. The molecule has 1 amide bonds. The Bertz CT molecular complexity index is 1030. The Morgan fingerprint density at radius 3 is 2.48 bits per heavy atom. The summed E-state index contributed by atoms with van der Waals surface area (Å²) in [6.45, 7) is 4.68. The molecule has 4 rings (SSSR count). The predicted octanol–water partition coefficient (Wildman–Crippen LogP) is 3.88. The lowest BCUT2D eigenvalue weighted by Crippen LogP contribution is -2.49. The van der Waals surface area contributed by atoms with Crippen molar-refractivity contribution in [3.05, 3.63) is 64.7 Å². The molecule has 2 aromatic carbocycles. The van der Waals surface area contributed by atoms with Crippen molar-refractivity contribution in [1.29, 1.82) is 0 Å². The molecule has 0 radical (unpaired) electrons. The van der Waals surface area contributed by atoms with Gasteiger partial charge in [-0.2, -0.15) is 0 Å². The van der Waals surface area contributed by atoms with Crippen LogP contribution >= 0.6 is 11.6 Å². The molecule has 1 saturated heterocycles. The predicted molar refractivity (Wildman–Crippen MR) is 113 cm³/mol. The van der Waals surface area contributed by atoms with Gasteiger partial charge >= 0.3 is 0 Å². The lowest BCUT2D eigenvalue weighted by molar-refractivity contribution is -0.130. The fraction of sp³-hybridized carbons (Fsp3) is 0.318. The topological polar surface area (TPSA) is 49.3 Å². The summed E-state index contributed by atoms with van der Waals surface area (Å²) in [5.74, 6) is 1.45. The maximum atomic E-state index is 13.1. The van der Waals surface area contributed by atoms with Crippen molar-refractivity contribution < 1.29 is 9.18 Å². The molecule has 0 N–H and O–H groups in total. The zero-order valence-corrected chi connectivity index (χ0v) is 17.0. The van der Waals surface area contributed by atoms with Crippen LogP contribution in [0.3, 0.4) is 0 Å². The van der Waals surface area contributed by atoms with Crippen LogP contribution in [-0.4, -0.2) is 47.0 Å². The lowest BCUT2D eigenvalue weighted by atomic mass is 10.1. The summed E-state index contributed by atoms with van der Waals surface area (Å²) < 4.78 is 13.1. The fourth-order valence-electron chi connectivity index (χ4n) is 3.59. The van der Waals surface area contributed by atoms with Gasteiger partial charge in [0.1, 0.15) is 17.5 Å². The highest BCUT2D eigenvalue weighted by Crippen LogP contribution is 2.27. The van der Waals surface area contributed by atoms with Crippen LogP contribution < -0.4 is 4.90 Å². The van der Waals surface area contributed by atoms with Gasteiger partial charge < -0.3 is 9.80 Å². The van der Waals surface area contributed by atoms with E-state index in [0.717, 1.165) is 34.5 Å². The number of hydrogen-bond acceptors (Lipinski definition) is 4. The number of piperazine rings is 1. The molecular formula is C22H22ClFN4O. The van der Waals surface area contributed by atoms with Gasteiger partial charge in [-0.25, -0.2) is 14.4 Å². The van der Waals surface area contributed by atoms with Crippen LogP contribution in [0.15, 0.2) is 42.5 Å². The van der Waals surface area contributed by atoms with E-state index in [1.54, 1.807) is 12.1 Å². The highest BCUT2D eigenvalue weighted by atomic mass is 35.5. The summed E-state index contributed by atoms with van der Waals surface area (Å²) in [5.41, 5.74) is 1.67. The minimum atomic E-state index is -0.292. The zero-order chi connectivity index (χ0) is 20.4. The standard InChI is InChI=1S/C22H22ClFN4O/c1-2-20-25-19-14-16(23)5-8-18(19)22(26-20)28-11-9-27(10-12-28)21(29)13-15-3-6-17(24)7-4-15/h3-8,14H,2,9-13H2,1H3. The van der Waals surface area contributed by atoms with E-state index in [4.69, 9.17) is 16.6 Å². The number of anilines is 1. The minimum Gasteiger partial charge on any atom is -0.352 e. The molecule has 1 aliphatic heterocycles. The van der Waals surface area contributed by atoms with E-state index in [0.29, 0.717) is 31.2 Å². The third kappa shape index (κ3) is 4.32. The molecule has 0 bridgehead atoms. The Morgan fingerprint density at radius 2 is 1.79 bits per heavy atom. The summed E-state index contributed by atoms with van der Waals surface area (Å²) in [6, 6.07) is 11.8. The van der Waals surface area contributed by atoms with Gasteiger partial charge in [0.2, 0.25) is 5.91 Å². The number of amides is 1. The van der Waals surface area contributed by atoms with Crippen molar-refractivity contribution in [2.75, 3.05) is 31.1 Å². The number of carbonyl (C=O) groups is 1. The highest BCUT2D eigenvalue weighted by molar-refractivity contribution is 6.31. The van der Waals surface area contributed by atoms with E-state index in [9.17, 15) is 9.18 Å². The Morgan fingerprint density at radius 1 is 1.07 bits per heavy atom. The van der Waals surface area contributed by atoms with Crippen LogP contribution in [0.1, 0.15) is 18.3 Å². The Labute approximate surface area is 174 Å². The third-order valence-corrected chi connectivity index (χ3v) is 5.44. The fourth-order valence-corrected chi connectivity index (χ4v) is 3.75. The number of aryl methyl sites for hydroxylation is 1.